The maximum atomic E-state index is 6.16. The Morgan fingerprint density at radius 3 is 2.76 bits per heavy atom. The van der Waals surface area contributed by atoms with Gasteiger partial charge in [0, 0.05) is 12.0 Å². The Kier molecular flexibility index (Phi) is 4.47. The van der Waals surface area contributed by atoms with E-state index in [1.54, 1.807) is 0 Å². The molecule has 1 fully saturated rings. The summed E-state index contributed by atoms with van der Waals surface area (Å²) in [5.41, 5.74) is 1.66. The van der Waals surface area contributed by atoms with Crippen LogP contribution in [0.2, 0.25) is 0 Å². The number of hydrogen-bond donors (Lipinski definition) is 0. The van der Waals surface area contributed by atoms with Gasteiger partial charge in [-0.1, -0.05) is 37.3 Å². The standard InChI is InChI=1S/C15H21ClO/c1-15(8-7-14(16)11-15)9-10-17-12-13-5-3-2-4-6-13/h2-6,14H,7-12H2,1H3. The molecular weight excluding hydrogens is 232 g/mol. The Hall–Kier alpha value is -0.530. The maximum absolute atomic E-state index is 6.16. The van der Waals surface area contributed by atoms with Crippen molar-refractivity contribution in [2.75, 3.05) is 6.61 Å². The lowest BCUT2D eigenvalue weighted by Crippen LogP contribution is -2.15. The first-order valence-corrected chi connectivity index (χ1v) is 6.87. The minimum absolute atomic E-state index is 0.383. The molecule has 17 heavy (non-hydrogen) atoms. The summed E-state index contributed by atoms with van der Waals surface area (Å²) in [7, 11) is 0. The Labute approximate surface area is 109 Å². The van der Waals surface area contributed by atoms with Crippen LogP contribution in [0.4, 0.5) is 0 Å². The molecule has 0 spiro atoms. The normalized spacial score (nSPS) is 28.5. The van der Waals surface area contributed by atoms with Gasteiger partial charge in [-0.25, -0.2) is 0 Å². The van der Waals surface area contributed by atoms with Crippen LogP contribution in [-0.2, 0) is 11.3 Å². The van der Waals surface area contributed by atoms with Gasteiger partial charge in [-0.15, -0.1) is 11.6 Å². The zero-order valence-electron chi connectivity index (χ0n) is 10.5. The van der Waals surface area contributed by atoms with Crippen LogP contribution in [0.1, 0.15) is 38.2 Å². The van der Waals surface area contributed by atoms with Gasteiger partial charge in [0.25, 0.3) is 0 Å². The van der Waals surface area contributed by atoms with Gasteiger partial charge < -0.3 is 4.74 Å². The summed E-state index contributed by atoms with van der Waals surface area (Å²) in [6, 6.07) is 10.3. The molecule has 2 atom stereocenters. The molecule has 1 nitrogen and oxygen atoms in total. The van der Waals surface area contributed by atoms with E-state index in [2.05, 4.69) is 31.2 Å². The van der Waals surface area contributed by atoms with Crippen molar-refractivity contribution in [1.82, 2.24) is 0 Å². The number of hydrogen-bond acceptors (Lipinski definition) is 1. The molecular formula is C15H21ClO. The molecule has 94 valence electrons. The summed E-state index contributed by atoms with van der Waals surface area (Å²) in [5, 5.41) is 0.383. The fraction of sp³-hybridized carbons (Fsp3) is 0.600. The summed E-state index contributed by atoms with van der Waals surface area (Å²) < 4.78 is 5.74. The Morgan fingerprint density at radius 1 is 1.35 bits per heavy atom. The topological polar surface area (TPSA) is 9.23 Å². The quantitative estimate of drug-likeness (QED) is 0.558. The van der Waals surface area contributed by atoms with E-state index in [4.69, 9.17) is 16.3 Å². The molecule has 1 aliphatic rings. The van der Waals surface area contributed by atoms with Crippen LogP contribution in [0.15, 0.2) is 30.3 Å². The fourth-order valence-electron chi connectivity index (χ4n) is 2.55. The van der Waals surface area contributed by atoms with E-state index >= 15 is 0 Å². The second-order valence-corrected chi connectivity index (χ2v) is 6.06. The van der Waals surface area contributed by atoms with Gasteiger partial charge in [-0.2, -0.15) is 0 Å². The smallest absolute Gasteiger partial charge is 0.0716 e. The molecule has 1 aromatic carbocycles. The van der Waals surface area contributed by atoms with Crippen molar-refractivity contribution in [3.63, 3.8) is 0 Å². The van der Waals surface area contributed by atoms with Crippen molar-refractivity contribution in [2.24, 2.45) is 5.41 Å². The third kappa shape index (κ3) is 4.01. The van der Waals surface area contributed by atoms with Crippen molar-refractivity contribution >= 4 is 11.6 Å². The lowest BCUT2D eigenvalue weighted by molar-refractivity contribution is 0.0891. The Bertz CT molecular complexity index is 338. The van der Waals surface area contributed by atoms with Crippen LogP contribution < -0.4 is 0 Å². The second-order valence-electron chi connectivity index (χ2n) is 5.44. The van der Waals surface area contributed by atoms with E-state index in [0.717, 1.165) is 32.5 Å². The largest absolute Gasteiger partial charge is 0.377 e. The molecule has 2 unspecified atom stereocenters. The lowest BCUT2D eigenvalue weighted by Gasteiger charge is -2.23. The number of halogens is 1. The van der Waals surface area contributed by atoms with Crippen molar-refractivity contribution in [3.8, 4) is 0 Å². The highest BCUT2D eigenvalue weighted by atomic mass is 35.5. The van der Waals surface area contributed by atoms with Gasteiger partial charge in [-0.05, 0) is 36.7 Å². The average molecular weight is 253 g/mol. The third-order valence-electron chi connectivity index (χ3n) is 3.74. The molecule has 0 heterocycles. The van der Waals surface area contributed by atoms with Crippen LogP contribution in [0.3, 0.4) is 0 Å². The summed E-state index contributed by atoms with van der Waals surface area (Å²) in [5.74, 6) is 0. The van der Waals surface area contributed by atoms with Crippen molar-refractivity contribution in [2.45, 2.75) is 44.6 Å². The summed E-state index contributed by atoms with van der Waals surface area (Å²) in [6.45, 7) is 3.90. The molecule has 2 rings (SSSR count). The van der Waals surface area contributed by atoms with E-state index in [1.165, 1.54) is 12.0 Å². The van der Waals surface area contributed by atoms with Crippen molar-refractivity contribution in [3.05, 3.63) is 35.9 Å². The van der Waals surface area contributed by atoms with Gasteiger partial charge in [0.2, 0.25) is 0 Å². The third-order valence-corrected chi connectivity index (χ3v) is 4.11. The first kappa shape index (κ1) is 12.9. The molecule has 0 aromatic heterocycles. The van der Waals surface area contributed by atoms with E-state index in [1.807, 2.05) is 6.07 Å². The highest BCUT2D eigenvalue weighted by Crippen LogP contribution is 2.42. The summed E-state index contributed by atoms with van der Waals surface area (Å²) >= 11 is 6.16. The minimum atomic E-state index is 0.383. The molecule has 1 aliphatic carbocycles. The van der Waals surface area contributed by atoms with Gasteiger partial charge in [0.05, 0.1) is 6.61 Å². The van der Waals surface area contributed by atoms with Gasteiger partial charge in [0.1, 0.15) is 0 Å². The molecule has 1 saturated carbocycles. The number of ether oxygens (including phenoxy) is 1. The van der Waals surface area contributed by atoms with Crippen LogP contribution >= 0.6 is 11.6 Å². The van der Waals surface area contributed by atoms with Gasteiger partial charge in [0.15, 0.2) is 0 Å². The van der Waals surface area contributed by atoms with Crippen LogP contribution in [0, 0.1) is 5.41 Å². The zero-order chi connectivity index (χ0) is 12.1. The van der Waals surface area contributed by atoms with E-state index in [0.29, 0.717) is 10.8 Å². The molecule has 0 amide bonds. The molecule has 0 radical (unpaired) electrons. The second kappa shape index (κ2) is 5.88. The monoisotopic (exact) mass is 252 g/mol. The van der Waals surface area contributed by atoms with E-state index in [9.17, 15) is 0 Å². The fourth-order valence-corrected chi connectivity index (χ4v) is 3.04. The zero-order valence-corrected chi connectivity index (χ0v) is 11.2. The Morgan fingerprint density at radius 2 is 2.12 bits per heavy atom. The molecule has 0 saturated heterocycles. The Balaban J connectivity index is 1.67. The number of benzene rings is 1. The van der Waals surface area contributed by atoms with Crippen LogP contribution in [0.5, 0.6) is 0 Å². The number of rotatable bonds is 5. The van der Waals surface area contributed by atoms with Gasteiger partial charge in [-0.3, -0.25) is 0 Å². The first-order chi connectivity index (χ1) is 8.18. The highest BCUT2D eigenvalue weighted by Gasteiger charge is 2.33. The van der Waals surface area contributed by atoms with Crippen LogP contribution in [0.25, 0.3) is 0 Å². The summed E-state index contributed by atoms with van der Waals surface area (Å²) in [6.07, 6.45) is 4.68. The van der Waals surface area contributed by atoms with Crippen molar-refractivity contribution in [1.29, 1.82) is 0 Å². The van der Waals surface area contributed by atoms with Crippen molar-refractivity contribution < 1.29 is 4.74 Å². The predicted octanol–water partition coefficient (Wildman–Crippen LogP) is 4.39. The SMILES string of the molecule is CC1(CCOCc2ccccc2)CCC(Cl)C1. The van der Waals surface area contributed by atoms with E-state index in [-0.39, 0.29) is 0 Å². The first-order valence-electron chi connectivity index (χ1n) is 6.44. The van der Waals surface area contributed by atoms with Gasteiger partial charge >= 0.3 is 0 Å². The molecule has 0 bridgehead atoms. The molecule has 0 aliphatic heterocycles. The maximum Gasteiger partial charge on any atom is 0.0716 e. The average Bonchev–Trinajstić information content (AvgIpc) is 2.67. The number of alkyl halides is 1. The summed E-state index contributed by atoms with van der Waals surface area (Å²) in [4.78, 5) is 0. The highest BCUT2D eigenvalue weighted by molar-refractivity contribution is 6.20. The molecule has 1 aromatic rings. The van der Waals surface area contributed by atoms with E-state index < -0.39 is 0 Å². The lowest BCUT2D eigenvalue weighted by atomic mass is 9.86. The molecule has 0 N–H and O–H groups in total. The minimum Gasteiger partial charge on any atom is -0.377 e. The molecule has 2 heteroatoms. The van der Waals surface area contributed by atoms with Crippen LogP contribution in [-0.4, -0.2) is 12.0 Å². The predicted molar refractivity (Wildman–Crippen MR) is 72.3 cm³/mol.